The molecule has 2 aromatic heterocycles. The minimum absolute atomic E-state index is 0.499. The van der Waals surface area contributed by atoms with Crippen LogP contribution in [0.25, 0.3) is 17.1 Å². The van der Waals surface area contributed by atoms with E-state index in [9.17, 15) is 0 Å². The van der Waals surface area contributed by atoms with Gasteiger partial charge < -0.3 is 14.0 Å². The summed E-state index contributed by atoms with van der Waals surface area (Å²) >= 11 is 1.48. The Kier molecular flexibility index (Phi) is 5.99. The summed E-state index contributed by atoms with van der Waals surface area (Å²) in [5, 5.41) is 13.4. The van der Waals surface area contributed by atoms with Gasteiger partial charge in [0.15, 0.2) is 16.8 Å². The Hall–Kier alpha value is -3.33. The van der Waals surface area contributed by atoms with Gasteiger partial charge in [-0.05, 0) is 62.4 Å². The predicted molar refractivity (Wildman–Crippen MR) is 113 cm³/mol. The van der Waals surface area contributed by atoms with Gasteiger partial charge in [0.1, 0.15) is 11.5 Å². The van der Waals surface area contributed by atoms with Crippen LogP contribution in [0, 0.1) is 6.92 Å². The number of methoxy groups -OCH3 is 1. The monoisotopic (exact) mass is 423 g/mol. The molecule has 0 radical (unpaired) electrons. The summed E-state index contributed by atoms with van der Waals surface area (Å²) in [6.45, 7) is 4.37. The normalized spacial score (nSPS) is 10.9. The van der Waals surface area contributed by atoms with Gasteiger partial charge in [0, 0.05) is 11.3 Å². The zero-order valence-electron chi connectivity index (χ0n) is 16.9. The highest BCUT2D eigenvalue weighted by Gasteiger charge is 2.17. The molecule has 0 saturated carbocycles. The number of rotatable bonds is 8. The maximum absolute atomic E-state index is 5.57. The van der Waals surface area contributed by atoms with E-state index in [2.05, 4.69) is 20.3 Å². The lowest BCUT2D eigenvalue weighted by Gasteiger charge is -2.11. The Morgan fingerprint density at radius 1 is 1.00 bits per heavy atom. The third-order valence-electron chi connectivity index (χ3n) is 4.28. The summed E-state index contributed by atoms with van der Waals surface area (Å²) < 4.78 is 18.1. The minimum atomic E-state index is 0.499. The molecule has 30 heavy (non-hydrogen) atoms. The van der Waals surface area contributed by atoms with Crippen molar-refractivity contribution in [3.63, 3.8) is 0 Å². The van der Waals surface area contributed by atoms with Gasteiger partial charge in [0.2, 0.25) is 5.89 Å². The van der Waals surface area contributed by atoms with Crippen LogP contribution in [0.2, 0.25) is 0 Å². The van der Waals surface area contributed by atoms with E-state index in [-0.39, 0.29) is 0 Å². The largest absolute Gasteiger partial charge is 0.497 e. The summed E-state index contributed by atoms with van der Waals surface area (Å²) in [5.74, 6) is 3.98. The number of aromatic nitrogens is 5. The van der Waals surface area contributed by atoms with Gasteiger partial charge in [-0.15, -0.1) is 10.2 Å². The smallest absolute Gasteiger partial charge is 0.237 e. The summed E-state index contributed by atoms with van der Waals surface area (Å²) in [7, 11) is 1.64. The zero-order valence-corrected chi connectivity index (χ0v) is 17.7. The summed E-state index contributed by atoms with van der Waals surface area (Å²) in [5.41, 5.74) is 1.86. The van der Waals surface area contributed by atoms with E-state index in [0.29, 0.717) is 24.1 Å². The molecule has 0 bridgehead atoms. The molecule has 0 aliphatic rings. The first kappa shape index (κ1) is 20.0. The van der Waals surface area contributed by atoms with Gasteiger partial charge in [-0.25, -0.2) is 0 Å². The average molecular weight is 423 g/mol. The van der Waals surface area contributed by atoms with Crippen LogP contribution < -0.4 is 9.47 Å². The van der Waals surface area contributed by atoms with E-state index in [1.54, 1.807) is 14.0 Å². The highest BCUT2D eigenvalue weighted by molar-refractivity contribution is 7.98. The Bertz CT molecular complexity index is 1110. The van der Waals surface area contributed by atoms with Gasteiger partial charge >= 0.3 is 0 Å². The molecule has 0 amide bonds. The Morgan fingerprint density at radius 3 is 2.37 bits per heavy atom. The quantitative estimate of drug-likeness (QED) is 0.387. The maximum Gasteiger partial charge on any atom is 0.237 e. The highest BCUT2D eigenvalue weighted by atomic mass is 32.2. The van der Waals surface area contributed by atoms with Crippen molar-refractivity contribution in [2.45, 2.75) is 24.8 Å². The summed E-state index contributed by atoms with van der Waals surface area (Å²) in [4.78, 5) is 4.26. The van der Waals surface area contributed by atoms with Gasteiger partial charge in [-0.1, -0.05) is 16.9 Å². The maximum atomic E-state index is 5.57. The fraction of sp³-hybridized carbons (Fsp3) is 0.238. The van der Waals surface area contributed by atoms with Crippen molar-refractivity contribution >= 4 is 11.8 Å². The van der Waals surface area contributed by atoms with Gasteiger partial charge in [0.05, 0.1) is 19.5 Å². The molecule has 4 aromatic rings. The number of nitrogens with zero attached hydrogens (tertiary/aromatic N) is 5. The molecule has 0 unspecified atom stereocenters. The van der Waals surface area contributed by atoms with Gasteiger partial charge in [-0.2, -0.15) is 4.98 Å². The van der Waals surface area contributed by atoms with E-state index < -0.39 is 0 Å². The first-order valence-electron chi connectivity index (χ1n) is 9.43. The van der Waals surface area contributed by atoms with Crippen molar-refractivity contribution in [1.29, 1.82) is 0 Å². The molecule has 2 aromatic carbocycles. The van der Waals surface area contributed by atoms with Crippen LogP contribution in [0.15, 0.2) is 58.2 Å². The minimum Gasteiger partial charge on any atom is -0.497 e. The van der Waals surface area contributed by atoms with Crippen molar-refractivity contribution in [3.8, 4) is 28.6 Å². The van der Waals surface area contributed by atoms with E-state index in [1.807, 2.05) is 60.0 Å². The van der Waals surface area contributed by atoms with Crippen LogP contribution in [0.5, 0.6) is 11.5 Å². The Labute approximate surface area is 178 Å². The zero-order chi connectivity index (χ0) is 20.9. The molecule has 0 atom stereocenters. The molecule has 0 N–H and O–H groups in total. The van der Waals surface area contributed by atoms with Crippen LogP contribution in [-0.4, -0.2) is 38.6 Å². The first-order valence-corrected chi connectivity index (χ1v) is 10.4. The van der Waals surface area contributed by atoms with Crippen LogP contribution in [0.4, 0.5) is 0 Å². The number of aryl methyl sites for hydroxylation is 1. The van der Waals surface area contributed by atoms with Crippen molar-refractivity contribution in [1.82, 2.24) is 24.9 Å². The number of benzene rings is 2. The molecule has 2 heterocycles. The lowest BCUT2D eigenvalue weighted by atomic mass is 10.2. The standard InChI is InChI=1S/C21H21N5O3S/c1-4-28-18-11-7-16(8-12-18)26-20(15-5-9-17(27-3)10-6-15)23-24-21(26)30-13-19-22-14(2)25-29-19/h5-12H,4,13H2,1-3H3. The van der Waals surface area contributed by atoms with E-state index >= 15 is 0 Å². The second-order valence-corrected chi connectivity index (χ2v) is 7.26. The second-order valence-electron chi connectivity index (χ2n) is 6.32. The third kappa shape index (κ3) is 4.30. The van der Waals surface area contributed by atoms with Crippen molar-refractivity contribution < 1.29 is 14.0 Å². The first-order chi connectivity index (χ1) is 14.7. The average Bonchev–Trinajstić information content (AvgIpc) is 3.39. The van der Waals surface area contributed by atoms with Crippen LogP contribution in [0.3, 0.4) is 0 Å². The lowest BCUT2D eigenvalue weighted by molar-refractivity contribution is 0.340. The van der Waals surface area contributed by atoms with Crippen LogP contribution in [0.1, 0.15) is 18.6 Å². The Balaban J connectivity index is 1.70. The number of thioether (sulfide) groups is 1. The molecule has 0 aliphatic heterocycles. The third-order valence-corrected chi connectivity index (χ3v) is 5.20. The molecule has 8 nitrogen and oxygen atoms in total. The summed E-state index contributed by atoms with van der Waals surface area (Å²) in [6.07, 6.45) is 0. The number of hydrogen-bond donors (Lipinski definition) is 0. The molecule has 0 spiro atoms. The van der Waals surface area contributed by atoms with Crippen molar-refractivity contribution in [3.05, 3.63) is 60.2 Å². The van der Waals surface area contributed by atoms with Crippen LogP contribution >= 0.6 is 11.8 Å². The fourth-order valence-corrected chi connectivity index (χ4v) is 3.70. The molecule has 4 rings (SSSR count). The molecule has 9 heteroatoms. The second kappa shape index (κ2) is 9.00. The molecule has 0 fully saturated rings. The number of hydrogen-bond acceptors (Lipinski definition) is 8. The number of ether oxygens (including phenoxy) is 2. The van der Waals surface area contributed by atoms with Gasteiger partial charge in [0.25, 0.3) is 0 Å². The SMILES string of the molecule is CCOc1ccc(-n2c(SCc3nc(C)no3)nnc2-c2ccc(OC)cc2)cc1. The molecule has 0 saturated heterocycles. The molecule has 154 valence electrons. The van der Waals surface area contributed by atoms with E-state index in [4.69, 9.17) is 14.0 Å². The Morgan fingerprint density at radius 2 is 1.73 bits per heavy atom. The van der Waals surface area contributed by atoms with Gasteiger partial charge in [-0.3, -0.25) is 4.57 Å². The van der Waals surface area contributed by atoms with Crippen molar-refractivity contribution in [2.75, 3.05) is 13.7 Å². The van der Waals surface area contributed by atoms with Crippen molar-refractivity contribution in [2.24, 2.45) is 0 Å². The molecular weight excluding hydrogens is 402 g/mol. The summed E-state index contributed by atoms with van der Waals surface area (Å²) in [6, 6.07) is 15.6. The molecule has 0 aliphatic carbocycles. The highest BCUT2D eigenvalue weighted by Crippen LogP contribution is 2.31. The van der Waals surface area contributed by atoms with E-state index in [0.717, 1.165) is 33.7 Å². The van der Waals surface area contributed by atoms with Crippen LogP contribution in [-0.2, 0) is 5.75 Å². The predicted octanol–water partition coefficient (Wildman–Crippen LogP) is 4.33. The molecular formula is C21H21N5O3S. The lowest BCUT2D eigenvalue weighted by Crippen LogP contribution is -2.00. The fourth-order valence-electron chi connectivity index (χ4n) is 2.91. The topological polar surface area (TPSA) is 88.1 Å². The van der Waals surface area contributed by atoms with E-state index in [1.165, 1.54) is 11.8 Å².